The molecule has 142 valence electrons. The minimum Gasteiger partial charge on any atom is -0.352 e. The van der Waals surface area contributed by atoms with Crippen molar-refractivity contribution in [1.29, 1.82) is 0 Å². The van der Waals surface area contributed by atoms with Crippen molar-refractivity contribution >= 4 is 28.2 Å². The van der Waals surface area contributed by atoms with Crippen LogP contribution in [0.25, 0.3) is 10.9 Å². The summed E-state index contributed by atoms with van der Waals surface area (Å²) in [6, 6.07) is 26.9. The Morgan fingerprint density at radius 3 is 2.55 bits per heavy atom. The Labute approximate surface area is 176 Å². The molecule has 3 heteroatoms. The highest BCUT2D eigenvalue weighted by Crippen LogP contribution is 2.39. The third kappa shape index (κ3) is 3.18. The van der Waals surface area contributed by atoms with Gasteiger partial charge in [-0.1, -0.05) is 65.9 Å². The molecule has 0 amide bonds. The second-order valence-corrected chi connectivity index (χ2v) is 7.84. The minimum atomic E-state index is -0.0326. The molecular weight excluding hydrogens is 376 g/mol. The van der Waals surface area contributed by atoms with Crippen molar-refractivity contribution in [3.63, 3.8) is 0 Å². The second kappa shape index (κ2) is 7.35. The average molecular weight is 397 g/mol. The van der Waals surface area contributed by atoms with Crippen LogP contribution in [-0.2, 0) is 13.5 Å². The van der Waals surface area contributed by atoms with Crippen molar-refractivity contribution in [1.82, 2.24) is 4.57 Å². The number of hydrogen-bond donors (Lipinski definition) is 0. The summed E-state index contributed by atoms with van der Waals surface area (Å²) in [5.74, 6) is 6.98. The molecule has 0 radical (unpaired) electrons. The topological polar surface area (TPSA) is 8.17 Å². The quantitative estimate of drug-likeness (QED) is 0.359. The first-order valence-corrected chi connectivity index (χ1v) is 10.2. The molecule has 3 aromatic carbocycles. The summed E-state index contributed by atoms with van der Waals surface area (Å²) < 4.78 is 2.31. The van der Waals surface area contributed by atoms with Crippen LogP contribution in [0.15, 0.2) is 78.9 Å². The zero-order chi connectivity index (χ0) is 19.8. The summed E-state index contributed by atoms with van der Waals surface area (Å²) in [6.45, 7) is 0.912. The predicted octanol–water partition coefficient (Wildman–Crippen LogP) is 5.99. The van der Waals surface area contributed by atoms with E-state index in [0.717, 1.165) is 29.2 Å². The van der Waals surface area contributed by atoms with Gasteiger partial charge in [-0.05, 0) is 48.4 Å². The molecule has 0 aliphatic carbocycles. The fraction of sp³-hybridized carbons (Fsp3) is 0.154. The number of halogens is 1. The van der Waals surface area contributed by atoms with E-state index in [4.69, 9.17) is 11.6 Å². The summed E-state index contributed by atoms with van der Waals surface area (Å²) in [6.07, 6.45) is 0.993. The molecule has 4 aromatic rings. The van der Waals surface area contributed by atoms with Gasteiger partial charge in [-0.15, -0.1) is 0 Å². The Morgan fingerprint density at radius 1 is 0.931 bits per heavy atom. The standard InChI is InChI=1S/C26H21ClN2/c1-28-24-13-6-5-12-22(24)23-16-17-29(21-11-7-10-20(27)18-21)25(26(23)28)15-14-19-8-3-2-4-9-19/h2-13,18,25H,16-17H2,1H3. The molecule has 29 heavy (non-hydrogen) atoms. The first-order chi connectivity index (χ1) is 14.2. The first kappa shape index (κ1) is 17.9. The SMILES string of the molecule is Cn1c2c(c3ccccc31)CCN(c1cccc(Cl)c1)C2C#Cc1ccccc1. The monoisotopic (exact) mass is 396 g/mol. The molecule has 1 atom stereocenters. The van der Waals surface area contributed by atoms with Crippen LogP contribution in [0.4, 0.5) is 5.69 Å². The molecule has 1 unspecified atom stereocenters. The van der Waals surface area contributed by atoms with Gasteiger partial charge in [0.15, 0.2) is 0 Å². The van der Waals surface area contributed by atoms with E-state index < -0.39 is 0 Å². The van der Waals surface area contributed by atoms with Crippen LogP contribution in [0.2, 0.25) is 5.02 Å². The summed E-state index contributed by atoms with van der Waals surface area (Å²) in [5, 5.41) is 2.09. The van der Waals surface area contributed by atoms with Crippen LogP contribution >= 0.6 is 11.6 Å². The van der Waals surface area contributed by atoms with E-state index in [0.29, 0.717) is 0 Å². The van der Waals surface area contributed by atoms with E-state index in [-0.39, 0.29) is 6.04 Å². The molecule has 1 aliphatic heterocycles. The number of aromatic nitrogens is 1. The fourth-order valence-electron chi connectivity index (χ4n) is 4.36. The van der Waals surface area contributed by atoms with Crippen molar-refractivity contribution in [2.75, 3.05) is 11.4 Å². The lowest BCUT2D eigenvalue weighted by atomic mass is 9.96. The number of aryl methyl sites for hydroxylation is 1. The lowest BCUT2D eigenvalue weighted by molar-refractivity contribution is 0.642. The number of para-hydroxylation sites is 1. The van der Waals surface area contributed by atoms with Crippen LogP contribution in [0.5, 0.6) is 0 Å². The van der Waals surface area contributed by atoms with E-state index in [9.17, 15) is 0 Å². The molecule has 0 bridgehead atoms. The Balaban J connectivity index is 1.69. The van der Waals surface area contributed by atoms with E-state index in [1.165, 1.54) is 22.2 Å². The summed E-state index contributed by atoms with van der Waals surface area (Å²) in [5.41, 5.74) is 6.09. The number of benzene rings is 3. The van der Waals surface area contributed by atoms with Gasteiger partial charge in [0.2, 0.25) is 0 Å². The highest BCUT2D eigenvalue weighted by molar-refractivity contribution is 6.30. The highest BCUT2D eigenvalue weighted by atomic mass is 35.5. The second-order valence-electron chi connectivity index (χ2n) is 7.40. The summed E-state index contributed by atoms with van der Waals surface area (Å²) in [7, 11) is 2.15. The van der Waals surface area contributed by atoms with E-state index in [2.05, 4.69) is 70.8 Å². The maximum absolute atomic E-state index is 6.31. The molecule has 2 heterocycles. The van der Waals surface area contributed by atoms with Gasteiger partial charge in [0.1, 0.15) is 6.04 Å². The lowest BCUT2D eigenvalue weighted by Gasteiger charge is -2.35. The molecule has 0 spiro atoms. The molecule has 0 saturated carbocycles. The van der Waals surface area contributed by atoms with Crippen LogP contribution in [0.3, 0.4) is 0 Å². The van der Waals surface area contributed by atoms with E-state index in [1.54, 1.807) is 0 Å². The number of nitrogens with zero attached hydrogens (tertiary/aromatic N) is 2. The van der Waals surface area contributed by atoms with Gasteiger partial charge in [-0.2, -0.15) is 0 Å². The molecule has 0 N–H and O–H groups in total. The molecule has 5 rings (SSSR count). The molecule has 0 fully saturated rings. The zero-order valence-electron chi connectivity index (χ0n) is 16.3. The number of anilines is 1. The smallest absolute Gasteiger partial charge is 0.132 e. The normalized spacial score (nSPS) is 15.7. The van der Waals surface area contributed by atoms with Gasteiger partial charge in [-0.25, -0.2) is 0 Å². The first-order valence-electron chi connectivity index (χ1n) is 9.87. The highest BCUT2D eigenvalue weighted by Gasteiger charge is 2.31. The number of hydrogen-bond acceptors (Lipinski definition) is 1. The van der Waals surface area contributed by atoms with E-state index in [1.807, 2.05) is 36.4 Å². The maximum atomic E-state index is 6.31. The molecular formula is C26H21ClN2. The van der Waals surface area contributed by atoms with Gasteiger partial charge in [0.25, 0.3) is 0 Å². The van der Waals surface area contributed by atoms with E-state index >= 15 is 0 Å². The van der Waals surface area contributed by atoms with Crippen LogP contribution in [-0.4, -0.2) is 11.1 Å². The predicted molar refractivity (Wildman–Crippen MR) is 121 cm³/mol. The summed E-state index contributed by atoms with van der Waals surface area (Å²) >= 11 is 6.31. The zero-order valence-corrected chi connectivity index (χ0v) is 17.0. The van der Waals surface area contributed by atoms with Gasteiger partial charge >= 0.3 is 0 Å². The van der Waals surface area contributed by atoms with Crippen LogP contribution in [0, 0.1) is 11.8 Å². The summed E-state index contributed by atoms with van der Waals surface area (Å²) in [4.78, 5) is 2.38. The Morgan fingerprint density at radius 2 is 1.72 bits per heavy atom. The average Bonchev–Trinajstić information content (AvgIpc) is 3.05. The van der Waals surface area contributed by atoms with Crippen molar-refractivity contribution in [3.05, 3.63) is 101 Å². The Bertz CT molecular complexity index is 1240. The molecule has 1 aliphatic rings. The van der Waals surface area contributed by atoms with Crippen molar-refractivity contribution in [2.45, 2.75) is 12.5 Å². The van der Waals surface area contributed by atoms with Crippen molar-refractivity contribution in [2.24, 2.45) is 7.05 Å². The van der Waals surface area contributed by atoms with Crippen molar-refractivity contribution in [3.8, 4) is 11.8 Å². The van der Waals surface area contributed by atoms with Gasteiger partial charge in [0, 0.05) is 40.8 Å². The minimum absolute atomic E-state index is 0.0326. The third-order valence-electron chi connectivity index (χ3n) is 5.70. The van der Waals surface area contributed by atoms with Crippen LogP contribution < -0.4 is 4.90 Å². The van der Waals surface area contributed by atoms with Gasteiger partial charge in [0.05, 0.1) is 5.69 Å². The molecule has 1 aromatic heterocycles. The fourth-order valence-corrected chi connectivity index (χ4v) is 4.55. The molecule has 0 saturated heterocycles. The largest absolute Gasteiger partial charge is 0.352 e. The Kier molecular flexibility index (Phi) is 4.54. The van der Waals surface area contributed by atoms with Crippen molar-refractivity contribution < 1.29 is 0 Å². The Hall–Kier alpha value is -3.15. The van der Waals surface area contributed by atoms with Crippen LogP contribution in [0.1, 0.15) is 22.9 Å². The number of fused-ring (bicyclic) bond motifs is 3. The van der Waals surface area contributed by atoms with Gasteiger partial charge < -0.3 is 9.47 Å². The lowest BCUT2D eigenvalue weighted by Crippen LogP contribution is -2.35. The number of rotatable bonds is 1. The maximum Gasteiger partial charge on any atom is 0.132 e. The third-order valence-corrected chi connectivity index (χ3v) is 5.94. The molecule has 2 nitrogen and oxygen atoms in total. The van der Waals surface area contributed by atoms with Gasteiger partial charge in [-0.3, -0.25) is 0 Å².